The molecule has 0 aliphatic rings. The molecule has 0 saturated carbocycles. The molecule has 0 rings (SSSR count). The van der Waals surface area contributed by atoms with Gasteiger partial charge in [0.2, 0.25) is 5.91 Å². The molecule has 5 nitrogen and oxygen atoms in total. The van der Waals surface area contributed by atoms with Crippen molar-refractivity contribution in [3.63, 3.8) is 0 Å². The first-order chi connectivity index (χ1) is 8.89. The smallest absolute Gasteiger partial charge is 0.242 e. The highest BCUT2D eigenvalue weighted by Crippen LogP contribution is 1.97. The van der Waals surface area contributed by atoms with Crippen LogP contribution >= 0.6 is 24.0 Å². The summed E-state index contributed by atoms with van der Waals surface area (Å²) in [6, 6.07) is 0. The number of halogens is 1. The van der Waals surface area contributed by atoms with Crippen molar-refractivity contribution in [1.29, 1.82) is 0 Å². The van der Waals surface area contributed by atoms with E-state index in [0.29, 0.717) is 5.96 Å². The van der Waals surface area contributed by atoms with E-state index in [0.717, 1.165) is 19.5 Å². The Balaban J connectivity index is 0. The molecule has 0 spiro atoms. The highest BCUT2D eigenvalue weighted by Gasteiger charge is 2.13. The Kier molecular flexibility index (Phi) is 12.9. The second kappa shape index (κ2) is 12.0. The Morgan fingerprint density at radius 3 is 2.40 bits per heavy atom. The minimum atomic E-state index is -0.218. The standard InChI is InChI=1S/C14H28N4O.HI/c1-6-8-9-10-16-13(15-7-2)17-11-12(19)18-14(3,4)5;/h6,8H,7,9-11H2,1-5H3,(H,18,19)(H2,15,16,17);1H. The predicted molar refractivity (Wildman–Crippen MR) is 96.7 cm³/mol. The number of carbonyl (C=O) groups is 1. The van der Waals surface area contributed by atoms with E-state index in [1.54, 1.807) is 0 Å². The number of hydrogen-bond donors (Lipinski definition) is 3. The number of hydrogen-bond acceptors (Lipinski definition) is 2. The average molecular weight is 396 g/mol. The summed E-state index contributed by atoms with van der Waals surface area (Å²) in [7, 11) is 0. The van der Waals surface area contributed by atoms with Crippen LogP contribution in [0, 0.1) is 0 Å². The molecule has 0 aliphatic carbocycles. The van der Waals surface area contributed by atoms with Gasteiger partial charge in [0.05, 0.1) is 0 Å². The third-order valence-corrected chi connectivity index (χ3v) is 2.08. The Bertz CT molecular complexity index is 322. The fraction of sp³-hybridized carbons (Fsp3) is 0.714. The lowest BCUT2D eigenvalue weighted by atomic mass is 10.1. The molecule has 20 heavy (non-hydrogen) atoms. The molecule has 0 atom stereocenters. The molecule has 118 valence electrons. The lowest BCUT2D eigenvalue weighted by Crippen LogP contribution is -2.43. The topological polar surface area (TPSA) is 65.5 Å². The number of guanidine groups is 1. The molecular weight excluding hydrogens is 367 g/mol. The largest absolute Gasteiger partial charge is 0.357 e. The lowest BCUT2D eigenvalue weighted by molar-refractivity contribution is -0.121. The van der Waals surface area contributed by atoms with E-state index in [2.05, 4.69) is 27.0 Å². The van der Waals surface area contributed by atoms with Crippen LogP contribution in [0.3, 0.4) is 0 Å². The van der Waals surface area contributed by atoms with Crippen LogP contribution in [0.15, 0.2) is 17.1 Å². The van der Waals surface area contributed by atoms with Crippen molar-refractivity contribution >= 4 is 35.8 Å². The van der Waals surface area contributed by atoms with Gasteiger partial charge < -0.3 is 16.0 Å². The second-order valence-corrected chi connectivity index (χ2v) is 5.28. The summed E-state index contributed by atoms with van der Waals surface area (Å²) >= 11 is 0. The van der Waals surface area contributed by atoms with Gasteiger partial charge in [-0.25, -0.2) is 4.99 Å². The SMILES string of the molecule is CC=CCCNC(=NCC(=O)NC(C)(C)C)NCC.I. The second-order valence-electron chi connectivity index (χ2n) is 5.28. The monoisotopic (exact) mass is 396 g/mol. The van der Waals surface area contributed by atoms with E-state index in [-0.39, 0.29) is 42.0 Å². The van der Waals surface area contributed by atoms with Crippen molar-refractivity contribution in [2.45, 2.75) is 46.6 Å². The van der Waals surface area contributed by atoms with E-state index in [9.17, 15) is 4.79 Å². The van der Waals surface area contributed by atoms with Gasteiger partial charge in [-0.15, -0.1) is 24.0 Å². The molecule has 1 amide bonds. The summed E-state index contributed by atoms with van der Waals surface area (Å²) in [5, 5.41) is 9.17. The molecule has 0 unspecified atom stereocenters. The number of carbonyl (C=O) groups excluding carboxylic acids is 1. The summed E-state index contributed by atoms with van der Waals surface area (Å²) in [6.45, 7) is 11.6. The van der Waals surface area contributed by atoms with Crippen LogP contribution in [-0.2, 0) is 4.79 Å². The van der Waals surface area contributed by atoms with E-state index in [4.69, 9.17) is 0 Å². The maximum absolute atomic E-state index is 11.7. The molecule has 0 fully saturated rings. The van der Waals surface area contributed by atoms with Gasteiger partial charge in [0.15, 0.2) is 5.96 Å². The third kappa shape index (κ3) is 13.6. The molecule has 0 aliphatic heterocycles. The minimum Gasteiger partial charge on any atom is -0.357 e. The van der Waals surface area contributed by atoms with Gasteiger partial charge in [-0.05, 0) is 41.0 Å². The molecule has 0 aromatic carbocycles. The number of rotatable bonds is 6. The van der Waals surface area contributed by atoms with Gasteiger partial charge >= 0.3 is 0 Å². The summed E-state index contributed by atoms with van der Waals surface area (Å²) in [6.07, 6.45) is 5.04. The Labute approximate surface area is 140 Å². The zero-order valence-electron chi connectivity index (χ0n) is 13.2. The van der Waals surface area contributed by atoms with Crippen molar-refractivity contribution in [2.24, 2.45) is 4.99 Å². The molecule has 0 radical (unpaired) electrons. The molecular formula is C14H29IN4O. The van der Waals surface area contributed by atoms with E-state index in [1.165, 1.54) is 0 Å². The molecule has 0 bridgehead atoms. The zero-order chi connectivity index (χ0) is 14.7. The number of nitrogens with one attached hydrogen (secondary N) is 3. The van der Waals surface area contributed by atoms with Crippen LogP contribution in [0.25, 0.3) is 0 Å². The van der Waals surface area contributed by atoms with Crippen LogP contribution < -0.4 is 16.0 Å². The van der Waals surface area contributed by atoms with Crippen molar-refractivity contribution < 1.29 is 4.79 Å². The number of amides is 1. The molecule has 6 heteroatoms. The number of allylic oxidation sites excluding steroid dienone is 1. The summed E-state index contributed by atoms with van der Waals surface area (Å²) < 4.78 is 0. The van der Waals surface area contributed by atoms with Crippen LogP contribution in [0.2, 0.25) is 0 Å². The number of aliphatic imine (C=N–C) groups is 1. The van der Waals surface area contributed by atoms with Crippen LogP contribution in [0.1, 0.15) is 41.0 Å². The van der Waals surface area contributed by atoms with E-state index in [1.807, 2.05) is 40.7 Å². The van der Waals surface area contributed by atoms with E-state index >= 15 is 0 Å². The fourth-order valence-electron chi connectivity index (χ4n) is 1.39. The summed E-state index contributed by atoms with van der Waals surface area (Å²) in [5.41, 5.74) is -0.218. The molecule has 0 aromatic heterocycles. The molecule has 0 saturated heterocycles. The van der Waals surface area contributed by atoms with Gasteiger partial charge in [-0.1, -0.05) is 12.2 Å². The maximum Gasteiger partial charge on any atom is 0.242 e. The number of nitrogens with zero attached hydrogens (tertiary/aromatic N) is 1. The highest BCUT2D eigenvalue weighted by atomic mass is 127. The van der Waals surface area contributed by atoms with Crippen LogP contribution in [0.5, 0.6) is 0 Å². The Hall–Kier alpha value is -0.790. The van der Waals surface area contributed by atoms with E-state index < -0.39 is 0 Å². The average Bonchev–Trinajstić information content (AvgIpc) is 2.29. The normalized spacial score (nSPS) is 11.9. The Morgan fingerprint density at radius 1 is 1.25 bits per heavy atom. The maximum atomic E-state index is 11.7. The van der Waals surface area contributed by atoms with Crippen LogP contribution in [0.4, 0.5) is 0 Å². The van der Waals surface area contributed by atoms with Gasteiger partial charge in [-0.3, -0.25) is 4.79 Å². The fourth-order valence-corrected chi connectivity index (χ4v) is 1.39. The van der Waals surface area contributed by atoms with Gasteiger partial charge in [0, 0.05) is 18.6 Å². The first-order valence-corrected chi connectivity index (χ1v) is 6.83. The Morgan fingerprint density at radius 2 is 1.90 bits per heavy atom. The zero-order valence-corrected chi connectivity index (χ0v) is 15.6. The summed E-state index contributed by atoms with van der Waals surface area (Å²) in [4.78, 5) is 15.9. The summed E-state index contributed by atoms with van der Waals surface area (Å²) in [5.74, 6) is 0.606. The van der Waals surface area contributed by atoms with Crippen molar-refractivity contribution in [2.75, 3.05) is 19.6 Å². The first-order valence-electron chi connectivity index (χ1n) is 6.83. The van der Waals surface area contributed by atoms with Crippen molar-refractivity contribution in [1.82, 2.24) is 16.0 Å². The van der Waals surface area contributed by atoms with Gasteiger partial charge in [0.1, 0.15) is 6.54 Å². The quantitative estimate of drug-likeness (QED) is 0.212. The molecule has 0 heterocycles. The molecule has 3 N–H and O–H groups in total. The van der Waals surface area contributed by atoms with Crippen LogP contribution in [-0.4, -0.2) is 37.0 Å². The minimum absolute atomic E-state index is 0. The van der Waals surface area contributed by atoms with Crippen molar-refractivity contribution in [3.05, 3.63) is 12.2 Å². The lowest BCUT2D eigenvalue weighted by Gasteiger charge is -2.20. The molecule has 0 aromatic rings. The third-order valence-electron chi connectivity index (χ3n) is 2.08. The van der Waals surface area contributed by atoms with Gasteiger partial charge in [0.25, 0.3) is 0 Å². The van der Waals surface area contributed by atoms with Crippen molar-refractivity contribution in [3.8, 4) is 0 Å². The predicted octanol–water partition coefficient (Wildman–Crippen LogP) is 2.04. The first kappa shape index (κ1) is 21.5. The highest BCUT2D eigenvalue weighted by molar-refractivity contribution is 14.0. The van der Waals surface area contributed by atoms with Gasteiger partial charge in [-0.2, -0.15) is 0 Å².